The van der Waals surface area contributed by atoms with Gasteiger partial charge in [-0.25, -0.2) is 4.79 Å². The van der Waals surface area contributed by atoms with Gasteiger partial charge in [0, 0.05) is 19.8 Å². The number of hydrogen-bond donors (Lipinski definition) is 2. The molecule has 0 aromatic carbocycles. The van der Waals surface area contributed by atoms with Crippen LogP contribution in [0, 0.1) is 0 Å². The van der Waals surface area contributed by atoms with Gasteiger partial charge >= 0.3 is 17.9 Å². The Hall–Kier alpha value is -2.65. The maximum absolute atomic E-state index is 12.9. The van der Waals surface area contributed by atoms with Crippen LogP contribution in [0.1, 0.15) is 91.9 Å². The van der Waals surface area contributed by atoms with Gasteiger partial charge in [0.25, 0.3) is 0 Å². The van der Waals surface area contributed by atoms with Crippen LogP contribution in [0.3, 0.4) is 0 Å². The molecule has 0 aromatic rings. The summed E-state index contributed by atoms with van der Waals surface area (Å²) >= 11 is 0. The molecule has 0 aliphatic carbocycles. The summed E-state index contributed by atoms with van der Waals surface area (Å²) in [5.74, 6) is -2.71. The van der Waals surface area contributed by atoms with E-state index in [0.717, 1.165) is 32.1 Å². The summed E-state index contributed by atoms with van der Waals surface area (Å²) in [6.07, 6.45) is 4.59. The standard InChI is InChI=1S/C24H42N2O8/c1-5-8-15-32-21(28)13-11-19(25-18(4)27)23(30)26-20(24(31)34-17-10-7-3)12-14-22(29)33-16-9-6-2/h19-20H,5-17H2,1-4H3,(H,25,27)(H,26,30)/t19-,20-/m0/s1. The highest BCUT2D eigenvalue weighted by molar-refractivity contribution is 5.90. The van der Waals surface area contributed by atoms with E-state index in [4.69, 9.17) is 14.2 Å². The highest BCUT2D eigenvalue weighted by Crippen LogP contribution is 2.07. The fourth-order valence-electron chi connectivity index (χ4n) is 2.78. The third-order valence-corrected chi connectivity index (χ3v) is 4.83. The van der Waals surface area contributed by atoms with Gasteiger partial charge < -0.3 is 24.8 Å². The molecule has 2 N–H and O–H groups in total. The van der Waals surface area contributed by atoms with E-state index in [-0.39, 0.29) is 32.3 Å². The normalized spacial score (nSPS) is 12.2. The van der Waals surface area contributed by atoms with Crippen LogP contribution in [0.5, 0.6) is 0 Å². The smallest absolute Gasteiger partial charge is 0.328 e. The molecule has 196 valence electrons. The quantitative estimate of drug-likeness (QED) is 0.161. The van der Waals surface area contributed by atoms with Crippen LogP contribution < -0.4 is 10.6 Å². The van der Waals surface area contributed by atoms with E-state index >= 15 is 0 Å². The molecule has 0 aromatic heterocycles. The Labute approximate surface area is 202 Å². The lowest BCUT2D eigenvalue weighted by Gasteiger charge is -2.22. The van der Waals surface area contributed by atoms with Crippen molar-refractivity contribution < 1.29 is 38.2 Å². The Balaban J connectivity index is 5.08. The molecule has 0 aliphatic heterocycles. The van der Waals surface area contributed by atoms with Crippen molar-refractivity contribution >= 4 is 29.7 Å². The van der Waals surface area contributed by atoms with E-state index in [1.54, 1.807) is 0 Å². The summed E-state index contributed by atoms with van der Waals surface area (Å²) in [4.78, 5) is 60.8. The van der Waals surface area contributed by atoms with Gasteiger partial charge in [0.15, 0.2) is 0 Å². The van der Waals surface area contributed by atoms with E-state index in [1.807, 2.05) is 20.8 Å². The van der Waals surface area contributed by atoms with Crippen molar-refractivity contribution in [2.45, 2.75) is 104 Å². The number of ether oxygens (including phenoxy) is 3. The van der Waals surface area contributed by atoms with Gasteiger partial charge in [-0.05, 0) is 32.1 Å². The second kappa shape index (κ2) is 19.8. The zero-order valence-corrected chi connectivity index (χ0v) is 21.1. The summed E-state index contributed by atoms with van der Waals surface area (Å²) < 4.78 is 15.4. The van der Waals surface area contributed by atoms with Crippen LogP contribution in [0.2, 0.25) is 0 Å². The van der Waals surface area contributed by atoms with Crippen molar-refractivity contribution in [3.05, 3.63) is 0 Å². The molecule has 0 unspecified atom stereocenters. The molecule has 0 radical (unpaired) electrons. The van der Waals surface area contributed by atoms with Crippen molar-refractivity contribution in [2.75, 3.05) is 19.8 Å². The lowest BCUT2D eigenvalue weighted by Crippen LogP contribution is -2.51. The molecule has 34 heavy (non-hydrogen) atoms. The second-order valence-corrected chi connectivity index (χ2v) is 8.06. The Bertz CT molecular complexity index is 638. The second-order valence-electron chi connectivity index (χ2n) is 8.06. The molecule has 0 aliphatic rings. The number of rotatable bonds is 19. The van der Waals surface area contributed by atoms with Crippen molar-refractivity contribution in [3.8, 4) is 0 Å². The minimum atomic E-state index is -1.09. The molecular formula is C24H42N2O8. The maximum Gasteiger partial charge on any atom is 0.328 e. The van der Waals surface area contributed by atoms with Gasteiger partial charge in [0.2, 0.25) is 11.8 Å². The average molecular weight is 487 g/mol. The molecule has 0 bridgehead atoms. The lowest BCUT2D eigenvalue weighted by molar-refractivity contribution is -0.150. The van der Waals surface area contributed by atoms with E-state index in [1.165, 1.54) is 6.92 Å². The molecule has 0 fully saturated rings. The van der Waals surface area contributed by atoms with Crippen LogP contribution in [-0.4, -0.2) is 61.6 Å². The van der Waals surface area contributed by atoms with Crippen LogP contribution in [0.4, 0.5) is 0 Å². The highest BCUT2D eigenvalue weighted by Gasteiger charge is 2.28. The Morgan fingerprint density at radius 2 is 1.09 bits per heavy atom. The maximum atomic E-state index is 12.9. The first-order valence-corrected chi connectivity index (χ1v) is 12.3. The molecule has 10 nitrogen and oxygen atoms in total. The number of nitrogens with one attached hydrogen (secondary N) is 2. The van der Waals surface area contributed by atoms with E-state index in [0.29, 0.717) is 19.6 Å². The number of unbranched alkanes of at least 4 members (excludes halogenated alkanes) is 3. The van der Waals surface area contributed by atoms with Crippen LogP contribution >= 0.6 is 0 Å². The number of esters is 3. The molecule has 10 heteroatoms. The van der Waals surface area contributed by atoms with Gasteiger partial charge in [-0.2, -0.15) is 0 Å². The van der Waals surface area contributed by atoms with Crippen LogP contribution in [-0.2, 0) is 38.2 Å². The largest absolute Gasteiger partial charge is 0.466 e. The number of carbonyl (C=O) groups excluding carboxylic acids is 5. The molecule has 2 amide bonds. The SMILES string of the molecule is CCCCOC(=O)CC[C@H](NC(C)=O)C(=O)N[C@@H](CCC(=O)OCCCC)C(=O)OCCCC. The molecular weight excluding hydrogens is 444 g/mol. The summed E-state index contributed by atoms with van der Waals surface area (Å²) in [6.45, 7) is 7.94. The average Bonchev–Trinajstić information content (AvgIpc) is 2.79. The molecule has 0 rings (SSSR count). The third-order valence-electron chi connectivity index (χ3n) is 4.83. The third kappa shape index (κ3) is 16.0. The highest BCUT2D eigenvalue weighted by atomic mass is 16.5. The molecule has 2 atom stereocenters. The van der Waals surface area contributed by atoms with Crippen LogP contribution in [0.15, 0.2) is 0 Å². The fraction of sp³-hybridized carbons (Fsp3) is 0.792. The first-order chi connectivity index (χ1) is 16.2. The first-order valence-electron chi connectivity index (χ1n) is 12.3. The number of hydrogen-bond acceptors (Lipinski definition) is 8. The van der Waals surface area contributed by atoms with E-state index in [9.17, 15) is 24.0 Å². The molecule has 0 heterocycles. The summed E-state index contributed by atoms with van der Waals surface area (Å²) in [5, 5.41) is 5.06. The van der Waals surface area contributed by atoms with Crippen LogP contribution in [0.25, 0.3) is 0 Å². The summed E-state index contributed by atoms with van der Waals surface area (Å²) in [6, 6.07) is -2.13. The van der Waals surface area contributed by atoms with Crippen molar-refractivity contribution in [1.29, 1.82) is 0 Å². The van der Waals surface area contributed by atoms with Gasteiger partial charge in [0.1, 0.15) is 12.1 Å². The van der Waals surface area contributed by atoms with Gasteiger partial charge in [-0.1, -0.05) is 40.0 Å². The van der Waals surface area contributed by atoms with Crippen molar-refractivity contribution in [2.24, 2.45) is 0 Å². The predicted molar refractivity (Wildman–Crippen MR) is 126 cm³/mol. The van der Waals surface area contributed by atoms with Gasteiger partial charge in [-0.15, -0.1) is 0 Å². The zero-order valence-electron chi connectivity index (χ0n) is 21.1. The number of amides is 2. The summed E-state index contributed by atoms with van der Waals surface area (Å²) in [7, 11) is 0. The lowest BCUT2D eigenvalue weighted by atomic mass is 10.1. The van der Waals surface area contributed by atoms with Gasteiger partial charge in [-0.3, -0.25) is 19.2 Å². The number of carbonyl (C=O) groups is 5. The Kier molecular flexibility index (Phi) is 18.2. The minimum absolute atomic E-state index is 0.00644. The monoisotopic (exact) mass is 486 g/mol. The van der Waals surface area contributed by atoms with Gasteiger partial charge in [0.05, 0.1) is 19.8 Å². The van der Waals surface area contributed by atoms with E-state index < -0.39 is 41.8 Å². The topological polar surface area (TPSA) is 137 Å². The predicted octanol–water partition coefficient (Wildman–Crippen LogP) is 2.57. The van der Waals surface area contributed by atoms with Crippen molar-refractivity contribution in [3.63, 3.8) is 0 Å². The molecule has 0 saturated heterocycles. The molecule has 0 saturated carbocycles. The van der Waals surface area contributed by atoms with Crippen molar-refractivity contribution in [1.82, 2.24) is 10.6 Å². The minimum Gasteiger partial charge on any atom is -0.466 e. The fourth-order valence-corrected chi connectivity index (χ4v) is 2.78. The molecule has 0 spiro atoms. The zero-order chi connectivity index (χ0) is 25.8. The summed E-state index contributed by atoms with van der Waals surface area (Å²) in [5.41, 5.74) is 0. The van der Waals surface area contributed by atoms with E-state index in [2.05, 4.69) is 10.6 Å². The Morgan fingerprint density at radius 3 is 1.53 bits per heavy atom. The first kappa shape index (κ1) is 31.4. The Morgan fingerprint density at radius 1 is 0.647 bits per heavy atom.